The molecule has 0 bridgehead atoms. The van der Waals surface area contributed by atoms with E-state index in [0.717, 1.165) is 12.3 Å². The van der Waals surface area contributed by atoms with Crippen molar-refractivity contribution in [3.63, 3.8) is 0 Å². The molecule has 100 valence electrons. The Labute approximate surface area is 112 Å². The number of halogens is 1. The van der Waals surface area contributed by atoms with Gasteiger partial charge in [-0.1, -0.05) is 6.92 Å². The summed E-state index contributed by atoms with van der Waals surface area (Å²) in [5.41, 5.74) is 0. The van der Waals surface area contributed by atoms with E-state index in [1.54, 1.807) is 0 Å². The molecule has 0 radical (unpaired) electrons. The zero-order valence-electron chi connectivity index (χ0n) is 10.0. The van der Waals surface area contributed by atoms with Crippen molar-refractivity contribution >= 4 is 36.0 Å². The molecule has 2 unspecified atom stereocenters. The van der Waals surface area contributed by atoms with Gasteiger partial charge in [-0.05, 0) is 6.92 Å². The topological polar surface area (TPSA) is 69.6 Å². The number of nitrogens with zero attached hydrogens (tertiary/aromatic N) is 1. The highest BCUT2D eigenvalue weighted by Crippen LogP contribution is 2.23. The summed E-state index contributed by atoms with van der Waals surface area (Å²) in [5, 5.41) is 11.3. The fourth-order valence-corrected chi connectivity index (χ4v) is 2.80. The molecule has 2 N–H and O–H groups in total. The Morgan fingerprint density at radius 3 is 2.71 bits per heavy atom. The van der Waals surface area contributed by atoms with Crippen molar-refractivity contribution in [2.24, 2.45) is 0 Å². The van der Waals surface area contributed by atoms with Crippen LogP contribution in [0.25, 0.3) is 0 Å². The third kappa shape index (κ3) is 5.61. The highest BCUT2D eigenvalue weighted by Gasteiger charge is 2.26. The Morgan fingerprint density at radius 2 is 2.12 bits per heavy atom. The molecule has 1 rings (SSSR count). The van der Waals surface area contributed by atoms with E-state index in [1.807, 2.05) is 11.8 Å². The number of hydrogen-bond acceptors (Lipinski definition) is 4. The van der Waals surface area contributed by atoms with Crippen LogP contribution in [0.1, 0.15) is 13.8 Å². The zero-order valence-corrected chi connectivity index (χ0v) is 11.6. The summed E-state index contributed by atoms with van der Waals surface area (Å²) in [6.45, 7) is 5.12. The number of hydrogen-bond donors (Lipinski definition) is 2. The van der Waals surface area contributed by atoms with Crippen LogP contribution in [-0.4, -0.2) is 58.6 Å². The molecule has 0 aromatic carbocycles. The molecule has 1 aliphatic rings. The largest absolute Gasteiger partial charge is 0.480 e. The minimum Gasteiger partial charge on any atom is -0.480 e. The molecule has 1 aliphatic heterocycles. The molecule has 1 amide bonds. The average Bonchev–Trinajstić information content (AvgIpc) is 2.22. The lowest BCUT2D eigenvalue weighted by Crippen LogP contribution is -2.49. The van der Waals surface area contributed by atoms with Crippen molar-refractivity contribution in [2.45, 2.75) is 25.1 Å². The number of amides is 1. The van der Waals surface area contributed by atoms with E-state index in [2.05, 4.69) is 24.1 Å². The first-order chi connectivity index (χ1) is 7.50. The van der Waals surface area contributed by atoms with Crippen LogP contribution >= 0.6 is 24.2 Å². The lowest BCUT2D eigenvalue weighted by Gasteiger charge is -2.36. The predicted octanol–water partition coefficient (Wildman–Crippen LogP) is 0.435. The second-order valence-corrected chi connectivity index (χ2v) is 5.44. The molecule has 1 fully saturated rings. The number of thioether (sulfide) groups is 1. The third-order valence-corrected chi connectivity index (χ3v) is 4.14. The van der Waals surface area contributed by atoms with Gasteiger partial charge in [0.1, 0.15) is 6.54 Å². The minimum atomic E-state index is -1.01. The maximum Gasteiger partial charge on any atom is 0.322 e. The van der Waals surface area contributed by atoms with E-state index in [9.17, 15) is 9.59 Å². The first-order valence-corrected chi connectivity index (χ1v) is 6.39. The highest BCUT2D eigenvalue weighted by molar-refractivity contribution is 8.00. The molecular weight excluding hydrogens is 264 g/mol. The summed E-state index contributed by atoms with van der Waals surface area (Å²) in [6.07, 6.45) is 0. The van der Waals surface area contributed by atoms with Gasteiger partial charge < -0.3 is 10.4 Å². The summed E-state index contributed by atoms with van der Waals surface area (Å²) in [4.78, 5) is 23.8. The lowest BCUT2D eigenvalue weighted by molar-refractivity contribution is -0.138. The molecule has 0 saturated carbocycles. The second kappa shape index (κ2) is 7.79. The van der Waals surface area contributed by atoms with Crippen molar-refractivity contribution in [2.75, 3.05) is 25.4 Å². The quantitative estimate of drug-likeness (QED) is 0.783. The van der Waals surface area contributed by atoms with E-state index in [-0.39, 0.29) is 24.9 Å². The molecule has 0 aromatic heterocycles. The Hall–Kier alpha value is -0.460. The van der Waals surface area contributed by atoms with Crippen molar-refractivity contribution in [3.05, 3.63) is 0 Å². The normalized spacial score (nSPS) is 24.8. The molecule has 7 heteroatoms. The van der Waals surface area contributed by atoms with Gasteiger partial charge in [0, 0.05) is 23.6 Å². The standard InChI is InChI=1S/C10H18N2O3S.ClH/c1-7-8(2)16-4-3-12(7)6-9(13)11-5-10(14)15;/h7-8H,3-6H2,1-2H3,(H,11,13)(H,14,15);1H. The van der Waals surface area contributed by atoms with Gasteiger partial charge in [0.05, 0.1) is 6.54 Å². The summed E-state index contributed by atoms with van der Waals surface area (Å²) in [5.74, 6) is -0.199. The van der Waals surface area contributed by atoms with Crippen LogP contribution in [0, 0.1) is 0 Å². The molecule has 17 heavy (non-hydrogen) atoms. The number of nitrogens with one attached hydrogen (secondary N) is 1. The van der Waals surface area contributed by atoms with Gasteiger partial charge in [-0.2, -0.15) is 11.8 Å². The molecule has 0 aliphatic carbocycles. The lowest BCUT2D eigenvalue weighted by atomic mass is 10.2. The monoisotopic (exact) mass is 282 g/mol. The van der Waals surface area contributed by atoms with E-state index in [1.165, 1.54) is 0 Å². The summed E-state index contributed by atoms with van der Waals surface area (Å²) < 4.78 is 0. The molecule has 0 aromatic rings. The van der Waals surface area contributed by atoms with Crippen LogP contribution in [0.2, 0.25) is 0 Å². The molecule has 1 heterocycles. The Bertz CT molecular complexity index is 278. The molecule has 5 nitrogen and oxygen atoms in total. The first-order valence-electron chi connectivity index (χ1n) is 5.35. The summed E-state index contributed by atoms with van der Waals surface area (Å²) >= 11 is 1.91. The van der Waals surface area contributed by atoms with Crippen LogP contribution in [0.4, 0.5) is 0 Å². The van der Waals surface area contributed by atoms with Gasteiger partial charge in [0.25, 0.3) is 0 Å². The zero-order chi connectivity index (χ0) is 12.1. The van der Waals surface area contributed by atoms with Crippen molar-refractivity contribution in [3.8, 4) is 0 Å². The van der Waals surface area contributed by atoms with Crippen LogP contribution in [-0.2, 0) is 9.59 Å². The van der Waals surface area contributed by atoms with Crippen LogP contribution in [0.15, 0.2) is 0 Å². The van der Waals surface area contributed by atoms with E-state index in [4.69, 9.17) is 5.11 Å². The Balaban J connectivity index is 0.00000256. The summed E-state index contributed by atoms with van der Waals surface area (Å²) in [6, 6.07) is 0.356. The number of carbonyl (C=O) groups is 2. The van der Waals surface area contributed by atoms with Gasteiger partial charge in [0.15, 0.2) is 0 Å². The maximum absolute atomic E-state index is 11.4. The predicted molar refractivity (Wildman–Crippen MR) is 70.8 cm³/mol. The van der Waals surface area contributed by atoms with Gasteiger partial charge in [-0.3, -0.25) is 14.5 Å². The molecule has 1 saturated heterocycles. The van der Waals surface area contributed by atoms with Crippen molar-refractivity contribution in [1.29, 1.82) is 0 Å². The van der Waals surface area contributed by atoms with Gasteiger partial charge in [-0.25, -0.2) is 0 Å². The molecule has 2 atom stereocenters. The molecule has 0 spiro atoms. The maximum atomic E-state index is 11.4. The second-order valence-electron chi connectivity index (χ2n) is 3.96. The first kappa shape index (κ1) is 16.5. The van der Waals surface area contributed by atoms with E-state index in [0.29, 0.717) is 17.8 Å². The Morgan fingerprint density at radius 1 is 1.47 bits per heavy atom. The SMILES string of the molecule is CC1SCCN(CC(=O)NCC(=O)O)C1C.Cl. The smallest absolute Gasteiger partial charge is 0.322 e. The van der Waals surface area contributed by atoms with Gasteiger partial charge in [0.2, 0.25) is 5.91 Å². The van der Waals surface area contributed by atoms with Crippen LogP contribution < -0.4 is 5.32 Å². The average molecular weight is 283 g/mol. The fourth-order valence-electron chi connectivity index (χ4n) is 1.63. The fraction of sp³-hybridized carbons (Fsp3) is 0.800. The number of rotatable bonds is 4. The Kier molecular flexibility index (Phi) is 7.58. The number of aliphatic carboxylic acids is 1. The van der Waals surface area contributed by atoms with Crippen LogP contribution in [0.5, 0.6) is 0 Å². The van der Waals surface area contributed by atoms with E-state index < -0.39 is 5.97 Å². The van der Waals surface area contributed by atoms with Gasteiger partial charge in [-0.15, -0.1) is 12.4 Å². The van der Waals surface area contributed by atoms with Crippen molar-refractivity contribution < 1.29 is 14.7 Å². The number of carboxylic acids is 1. The minimum absolute atomic E-state index is 0. The number of carboxylic acid groups (broad SMARTS) is 1. The van der Waals surface area contributed by atoms with Gasteiger partial charge >= 0.3 is 5.97 Å². The molecular formula is C10H19ClN2O3S. The van der Waals surface area contributed by atoms with Crippen molar-refractivity contribution in [1.82, 2.24) is 10.2 Å². The van der Waals surface area contributed by atoms with E-state index >= 15 is 0 Å². The third-order valence-electron chi connectivity index (χ3n) is 2.80. The van der Waals surface area contributed by atoms with Crippen LogP contribution in [0.3, 0.4) is 0 Å². The highest BCUT2D eigenvalue weighted by atomic mass is 35.5. The summed E-state index contributed by atoms with van der Waals surface area (Å²) in [7, 11) is 0. The number of carbonyl (C=O) groups excluding carboxylic acids is 1.